The molecule has 0 spiro atoms. The minimum atomic E-state index is -4.21. The molecule has 9 nitrogen and oxygen atoms in total. The summed E-state index contributed by atoms with van der Waals surface area (Å²) in [7, 11) is -7.90. The van der Waals surface area contributed by atoms with E-state index in [-0.39, 0.29) is 22.9 Å². The van der Waals surface area contributed by atoms with Gasteiger partial charge in [-0.15, -0.1) is 0 Å². The average Bonchev–Trinajstić information content (AvgIpc) is 3.45. The fraction of sp³-hybridized carbons (Fsp3) is 0.519. The Bertz CT molecular complexity index is 1430. The second-order valence-corrected chi connectivity index (χ2v) is 14.0. The van der Waals surface area contributed by atoms with E-state index < -0.39 is 37.9 Å². The highest BCUT2D eigenvalue weighted by Gasteiger charge is 2.55. The summed E-state index contributed by atoms with van der Waals surface area (Å²) < 4.78 is 62.0. The number of amides is 1. The maximum atomic E-state index is 13.8. The Kier molecular flexibility index (Phi) is 7.93. The van der Waals surface area contributed by atoms with Crippen molar-refractivity contribution in [2.45, 2.75) is 43.5 Å². The molecular formula is C27H35N3O6S2. The van der Waals surface area contributed by atoms with Gasteiger partial charge >= 0.3 is 0 Å². The lowest BCUT2D eigenvalue weighted by molar-refractivity contribution is -0.127. The number of hydrogen-bond acceptors (Lipinski definition) is 7. The molecule has 2 fully saturated rings. The van der Waals surface area contributed by atoms with Crippen molar-refractivity contribution in [1.29, 1.82) is 0 Å². The summed E-state index contributed by atoms with van der Waals surface area (Å²) in [5.41, 5.74) is 0.263. The van der Waals surface area contributed by atoms with Crippen LogP contribution in [0.2, 0.25) is 0 Å². The molecule has 206 valence electrons. The summed E-state index contributed by atoms with van der Waals surface area (Å²) in [5, 5.41) is 1.65. The number of hydrogen-bond donors (Lipinski definition) is 0. The van der Waals surface area contributed by atoms with Gasteiger partial charge in [0.1, 0.15) is 0 Å². The quantitative estimate of drug-likeness (QED) is 0.411. The van der Waals surface area contributed by atoms with E-state index in [1.165, 1.54) is 10.4 Å². The van der Waals surface area contributed by atoms with Gasteiger partial charge in [0.15, 0.2) is 0 Å². The van der Waals surface area contributed by atoms with Gasteiger partial charge in [0, 0.05) is 19.6 Å². The fourth-order valence-electron chi connectivity index (χ4n) is 5.72. The van der Waals surface area contributed by atoms with Crippen LogP contribution in [0.4, 0.5) is 0 Å². The predicted molar refractivity (Wildman–Crippen MR) is 145 cm³/mol. The molecule has 0 N–H and O–H groups in total. The summed E-state index contributed by atoms with van der Waals surface area (Å²) in [6.45, 7) is 5.93. The molecule has 1 amide bonds. The molecule has 3 aliphatic heterocycles. The van der Waals surface area contributed by atoms with Crippen LogP contribution in [0.3, 0.4) is 0 Å². The number of rotatable bonds is 10. The van der Waals surface area contributed by atoms with E-state index in [9.17, 15) is 21.6 Å². The zero-order valence-corrected chi connectivity index (χ0v) is 23.3. The van der Waals surface area contributed by atoms with Gasteiger partial charge in [-0.3, -0.25) is 9.69 Å². The molecule has 0 aromatic heterocycles. The minimum Gasteiger partial charge on any atom is -0.379 e. The molecule has 3 heterocycles. The maximum Gasteiger partial charge on any atom is 0.270 e. The number of sulfonamides is 2. The molecule has 5 rings (SSSR count). The number of ether oxygens (including phenoxy) is 1. The summed E-state index contributed by atoms with van der Waals surface area (Å²) in [6.07, 6.45) is 3.90. The number of carbonyl (C=O) groups is 1. The van der Waals surface area contributed by atoms with Crippen molar-refractivity contribution in [3.8, 4) is 0 Å². The van der Waals surface area contributed by atoms with Gasteiger partial charge in [-0.05, 0) is 54.8 Å². The molecule has 11 heteroatoms. The third kappa shape index (κ3) is 5.14. The van der Waals surface area contributed by atoms with Gasteiger partial charge < -0.3 is 4.74 Å². The van der Waals surface area contributed by atoms with E-state index in [0.29, 0.717) is 32.5 Å². The Labute approximate surface area is 225 Å². The topological polar surface area (TPSA) is 104 Å². The number of carbonyl (C=O) groups excluding carboxylic acids is 1. The molecule has 0 bridgehead atoms. The van der Waals surface area contributed by atoms with Crippen LogP contribution >= 0.6 is 0 Å². The number of unbranched alkanes of at least 4 members (excludes halogenated alkanes) is 1. The van der Waals surface area contributed by atoms with Crippen LogP contribution in [0, 0.1) is 5.92 Å². The molecule has 2 atom stereocenters. The Morgan fingerprint density at radius 1 is 0.974 bits per heavy atom. The van der Waals surface area contributed by atoms with E-state index >= 15 is 0 Å². The van der Waals surface area contributed by atoms with Crippen molar-refractivity contribution in [3.63, 3.8) is 0 Å². The second-order valence-electron chi connectivity index (χ2n) is 10.1. The number of benzene rings is 2. The van der Waals surface area contributed by atoms with Gasteiger partial charge in [0.05, 0.1) is 41.5 Å². The molecule has 38 heavy (non-hydrogen) atoms. The zero-order valence-electron chi connectivity index (χ0n) is 21.7. The first kappa shape index (κ1) is 27.3. The van der Waals surface area contributed by atoms with E-state index in [1.54, 1.807) is 18.2 Å². The lowest BCUT2D eigenvalue weighted by Crippen LogP contribution is -2.42. The van der Waals surface area contributed by atoms with Crippen molar-refractivity contribution in [1.82, 2.24) is 13.5 Å². The largest absolute Gasteiger partial charge is 0.379 e. The van der Waals surface area contributed by atoms with E-state index in [1.807, 2.05) is 31.2 Å². The van der Waals surface area contributed by atoms with Gasteiger partial charge in [0.25, 0.3) is 10.0 Å². The first-order chi connectivity index (χ1) is 18.2. The molecule has 0 unspecified atom stereocenters. The molecule has 2 saturated heterocycles. The summed E-state index contributed by atoms with van der Waals surface area (Å²) in [6, 6.07) is 11.4. The smallest absolute Gasteiger partial charge is 0.270 e. The Morgan fingerprint density at radius 2 is 1.71 bits per heavy atom. The lowest BCUT2D eigenvalue weighted by atomic mass is 9.97. The molecular weight excluding hydrogens is 526 g/mol. The van der Waals surface area contributed by atoms with Crippen LogP contribution in [-0.4, -0.2) is 87.4 Å². The van der Waals surface area contributed by atoms with Crippen LogP contribution < -0.4 is 0 Å². The third-order valence-corrected chi connectivity index (χ3v) is 11.3. The highest BCUT2D eigenvalue weighted by Crippen LogP contribution is 2.43. The van der Waals surface area contributed by atoms with Crippen molar-refractivity contribution < 1.29 is 26.4 Å². The van der Waals surface area contributed by atoms with Crippen LogP contribution in [0.25, 0.3) is 10.8 Å². The Morgan fingerprint density at radius 3 is 2.45 bits per heavy atom. The van der Waals surface area contributed by atoms with Crippen molar-refractivity contribution in [3.05, 3.63) is 54.2 Å². The SMILES string of the molecule is CCC[C@H]1C(=O)N(S(=O)(=O)c2ccc3ccccc3c2)C2=CCN(S(=O)(=O)CCCCN3CCOCC3)[C@@H]21. The molecule has 2 aromatic carbocycles. The van der Waals surface area contributed by atoms with Crippen LogP contribution in [0.5, 0.6) is 0 Å². The first-order valence-electron chi connectivity index (χ1n) is 13.3. The summed E-state index contributed by atoms with van der Waals surface area (Å²) in [4.78, 5) is 15.9. The summed E-state index contributed by atoms with van der Waals surface area (Å²) in [5.74, 6) is -1.31. The third-order valence-electron chi connectivity index (χ3n) is 7.67. The molecule has 0 radical (unpaired) electrons. The Balaban J connectivity index is 1.35. The van der Waals surface area contributed by atoms with Crippen molar-refractivity contribution >= 4 is 36.7 Å². The number of morpholine rings is 1. The van der Waals surface area contributed by atoms with Gasteiger partial charge in [0.2, 0.25) is 15.9 Å². The monoisotopic (exact) mass is 561 g/mol. The van der Waals surface area contributed by atoms with Gasteiger partial charge in [-0.1, -0.05) is 43.7 Å². The average molecular weight is 562 g/mol. The predicted octanol–water partition coefficient (Wildman–Crippen LogP) is 2.80. The normalized spacial score (nSPS) is 23.2. The summed E-state index contributed by atoms with van der Waals surface area (Å²) >= 11 is 0. The molecule has 2 aromatic rings. The number of fused-ring (bicyclic) bond motifs is 2. The van der Waals surface area contributed by atoms with Crippen LogP contribution in [0.1, 0.15) is 32.6 Å². The molecule has 0 saturated carbocycles. The van der Waals surface area contributed by atoms with Crippen molar-refractivity contribution in [2.75, 3.05) is 45.1 Å². The van der Waals surface area contributed by atoms with Gasteiger partial charge in [-0.2, -0.15) is 4.31 Å². The van der Waals surface area contributed by atoms with Gasteiger partial charge in [-0.25, -0.2) is 21.1 Å². The Hall–Kier alpha value is -2.31. The van der Waals surface area contributed by atoms with Crippen molar-refractivity contribution in [2.24, 2.45) is 5.92 Å². The number of nitrogens with zero attached hydrogens (tertiary/aromatic N) is 3. The van der Waals surface area contributed by atoms with E-state index in [4.69, 9.17) is 4.74 Å². The van der Waals surface area contributed by atoms with Crippen LogP contribution in [0.15, 0.2) is 59.1 Å². The van der Waals surface area contributed by atoms with Crippen LogP contribution in [-0.2, 0) is 29.6 Å². The zero-order chi connectivity index (χ0) is 26.9. The lowest BCUT2D eigenvalue weighted by Gasteiger charge is -2.27. The second kappa shape index (κ2) is 11.1. The van der Waals surface area contributed by atoms with E-state index in [0.717, 1.165) is 41.1 Å². The standard InChI is InChI=1S/C27H35N3O6S2/c1-2-7-24-26-25(12-14-29(26)37(32,33)19-6-5-13-28-15-17-36-18-16-28)30(27(24)31)38(34,35)23-11-10-21-8-3-4-9-22(21)20-23/h3-4,8-12,20,24,26H,2,5-7,13-19H2,1H3/t24-,26-/m1/s1. The highest BCUT2D eigenvalue weighted by molar-refractivity contribution is 7.90. The molecule has 3 aliphatic rings. The highest BCUT2D eigenvalue weighted by atomic mass is 32.2. The molecule has 0 aliphatic carbocycles. The van der Waals surface area contributed by atoms with E-state index in [2.05, 4.69) is 4.90 Å². The first-order valence-corrected chi connectivity index (χ1v) is 16.4. The fourth-order valence-corrected chi connectivity index (χ4v) is 8.98. The minimum absolute atomic E-state index is 0.0192. The maximum absolute atomic E-state index is 13.8.